The van der Waals surface area contributed by atoms with Gasteiger partial charge in [0.2, 0.25) is 23.3 Å². The van der Waals surface area contributed by atoms with E-state index in [-0.39, 0.29) is 0 Å². The Balaban J connectivity index is 2.67. The lowest BCUT2D eigenvalue weighted by atomic mass is 10.2. The molecule has 2 rings (SSSR count). The van der Waals surface area contributed by atoms with E-state index in [4.69, 9.17) is 0 Å². The standard InChI is InChI=1S/C14H6F8N2O2/c1-25-13-7(19)3(15)11(4(16)8(13)20)23-24-12-5(17)9(21)14(26-2)10(22)6(12)18/h1-2H3. The molecule has 140 valence electrons. The second-order valence-corrected chi connectivity index (χ2v) is 4.48. The fourth-order valence-electron chi connectivity index (χ4n) is 1.83. The molecule has 0 amide bonds. The van der Waals surface area contributed by atoms with Crippen molar-refractivity contribution in [3.8, 4) is 11.5 Å². The monoisotopic (exact) mass is 386 g/mol. The number of nitrogens with zero attached hydrogens (tertiary/aromatic N) is 2. The summed E-state index contributed by atoms with van der Waals surface area (Å²) in [6.45, 7) is 0. The highest BCUT2D eigenvalue weighted by Gasteiger charge is 2.29. The molecule has 0 spiro atoms. The highest BCUT2D eigenvalue weighted by molar-refractivity contribution is 5.50. The van der Waals surface area contributed by atoms with E-state index in [9.17, 15) is 35.1 Å². The van der Waals surface area contributed by atoms with Crippen LogP contribution >= 0.6 is 0 Å². The molecule has 0 fully saturated rings. The Morgan fingerprint density at radius 2 is 0.692 bits per heavy atom. The summed E-state index contributed by atoms with van der Waals surface area (Å²) < 4.78 is 117. The van der Waals surface area contributed by atoms with Gasteiger partial charge < -0.3 is 9.47 Å². The summed E-state index contributed by atoms with van der Waals surface area (Å²) in [4.78, 5) is 0. The lowest BCUT2D eigenvalue weighted by Crippen LogP contribution is -2.01. The van der Waals surface area contributed by atoms with Gasteiger partial charge in [-0.05, 0) is 0 Å². The number of ether oxygens (including phenoxy) is 2. The normalized spacial score (nSPS) is 11.3. The van der Waals surface area contributed by atoms with Crippen molar-refractivity contribution in [1.82, 2.24) is 0 Å². The first-order valence-electron chi connectivity index (χ1n) is 6.38. The molecular formula is C14H6F8N2O2. The molecule has 0 atom stereocenters. The van der Waals surface area contributed by atoms with Gasteiger partial charge in [-0.25, -0.2) is 17.6 Å². The molecule has 0 heterocycles. The van der Waals surface area contributed by atoms with Crippen LogP contribution in [0.25, 0.3) is 0 Å². The number of azo groups is 1. The Morgan fingerprint density at radius 3 is 0.885 bits per heavy atom. The van der Waals surface area contributed by atoms with Gasteiger partial charge in [0.25, 0.3) is 0 Å². The minimum absolute atomic E-state index is 0.717. The maximum atomic E-state index is 13.7. The highest BCUT2D eigenvalue weighted by Crippen LogP contribution is 2.38. The molecule has 0 aliphatic rings. The fourth-order valence-corrected chi connectivity index (χ4v) is 1.83. The predicted octanol–water partition coefficient (Wildman–Crippen LogP) is 5.23. The quantitative estimate of drug-likeness (QED) is 0.410. The first-order valence-corrected chi connectivity index (χ1v) is 6.38. The predicted molar refractivity (Wildman–Crippen MR) is 69.8 cm³/mol. The summed E-state index contributed by atoms with van der Waals surface area (Å²) in [5.41, 5.74) is -3.48. The van der Waals surface area contributed by atoms with Crippen molar-refractivity contribution < 1.29 is 44.6 Å². The zero-order chi connectivity index (χ0) is 19.8. The number of benzene rings is 2. The van der Waals surface area contributed by atoms with Gasteiger partial charge >= 0.3 is 0 Å². The molecule has 0 N–H and O–H groups in total. The van der Waals surface area contributed by atoms with Crippen LogP contribution in [0.1, 0.15) is 0 Å². The van der Waals surface area contributed by atoms with Crippen molar-refractivity contribution in [2.45, 2.75) is 0 Å². The summed E-state index contributed by atoms with van der Waals surface area (Å²) in [6, 6.07) is 0. The minimum Gasteiger partial charge on any atom is -0.491 e. The molecule has 0 aliphatic carbocycles. The van der Waals surface area contributed by atoms with Crippen LogP contribution < -0.4 is 9.47 Å². The number of methoxy groups -OCH3 is 2. The Morgan fingerprint density at radius 1 is 0.462 bits per heavy atom. The van der Waals surface area contributed by atoms with Gasteiger partial charge in [0.15, 0.2) is 46.1 Å². The van der Waals surface area contributed by atoms with Gasteiger partial charge in [-0.1, -0.05) is 0 Å². The van der Waals surface area contributed by atoms with Gasteiger partial charge in [0, 0.05) is 0 Å². The zero-order valence-electron chi connectivity index (χ0n) is 12.7. The van der Waals surface area contributed by atoms with Crippen LogP contribution in [0.4, 0.5) is 46.5 Å². The molecule has 4 nitrogen and oxygen atoms in total. The molecule has 0 aromatic heterocycles. The van der Waals surface area contributed by atoms with Crippen molar-refractivity contribution in [3.63, 3.8) is 0 Å². The number of hydrogen-bond donors (Lipinski definition) is 0. The SMILES string of the molecule is COc1c(F)c(F)c(N=Nc2c(F)c(F)c(OC)c(F)c2F)c(F)c1F. The lowest BCUT2D eigenvalue weighted by Gasteiger charge is -2.08. The molecule has 12 heteroatoms. The van der Waals surface area contributed by atoms with Gasteiger partial charge in [-0.15, -0.1) is 10.2 Å². The molecule has 2 aromatic carbocycles. The summed E-state index contributed by atoms with van der Waals surface area (Å²) in [7, 11) is 1.43. The van der Waals surface area contributed by atoms with Gasteiger partial charge in [-0.2, -0.15) is 17.6 Å². The van der Waals surface area contributed by atoms with E-state index in [1.165, 1.54) is 0 Å². The van der Waals surface area contributed by atoms with Gasteiger partial charge in [0.1, 0.15) is 0 Å². The summed E-state index contributed by atoms with van der Waals surface area (Å²) in [6.07, 6.45) is 0. The molecular weight excluding hydrogens is 380 g/mol. The van der Waals surface area contributed by atoms with E-state index in [1.807, 2.05) is 0 Å². The summed E-state index contributed by atoms with van der Waals surface area (Å²) in [5.74, 6) is -19.3. The van der Waals surface area contributed by atoms with Crippen LogP contribution in [-0.4, -0.2) is 14.2 Å². The molecule has 0 radical (unpaired) electrons. The van der Waals surface area contributed by atoms with Crippen molar-refractivity contribution in [1.29, 1.82) is 0 Å². The van der Waals surface area contributed by atoms with E-state index < -0.39 is 69.4 Å². The average molecular weight is 386 g/mol. The molecule has 0 saturated carbocycles. The van der Waals surface area contributed by atoms with Crippen molar-refractivity contribution in [2.24, 2.45) is 10.2 Å². The van der Waals surface area contributed by atoms with Crippen molar-refractivity contribution >= 4 is 11.4 Å². The first kappa shape index (κ1) is 19.4. The highest BCUT2D eigenvalue weighted by atomic mass is 19.2. The maximum Gasteiger partial charge on any atom is 0.206 e. The Hall–Kier alpha value is -2.92. The van der Waals surface area contributed by atoms with E-state index in [1.54, 1.807) is 0 Å². The van der Waals surface area contributed by atoms with Crippen LogP contribution in [0, 0.1) is 46.5 Å². The molecule has 0 bridgehead atoms. The third-order valence-corrected chi connectivity index (χ3v) is 3.06. The van der Waals surface area contributed by atoms with E-state index in [0.29, 0.717) is 0 Å². The average Bonchev–Trinajstić information content (AvgIpc) is 2.62. The number of halogens is 8. The van der Waals surface area contributed by atoms with Crippen LogP contribution in [0.3, 0.4) is 0 Å². The number of hydrogen-bond acceptors (Lipinski definition) is 4. The smallest absolute Gasteiger partial charge is 0.206 e. The molecule has 0 unspecified atom stereocenters. The van der Waals surface area contributed by atoms with Crippen LogP contribution in [-0.2, 0) is 0 Å². The van der Waals surface area contributed by atoms with Gasteiger partial charge in [0.05, 0.1) is 14.2 Å². The Bertz CT molecular complexity index is 785. The summed E-state index contributed by atoms with van der Waals surface area (Å²) in [5, 5.41) is 5.23. The molecule has 0 aliphatic heterocycles. The van der Waals surface area contributed by atoms with Crippen molar-refractivity contribution in [2.75, 3.05) is 14.2 Å². The second-order valence-electron chi connectivity index (χ2n) is 4.48. The van der Waals surface area contributed by atoms with Crippen LogP contribution in [0.2, 0.25) is 0 Å². The minimum atomic E-state index is -2.11. The van der Waals surface area contributed by atoms with Crippen molar-refractivity contribution in [3.05, 3.63) is 46.5 Å². The molecule has 26 heavy (non-hydrogen) atoms. The largest absolute Gasteiger partial charge is 0.491 e. The van der Waals surface area contributed by atoms with Gasteiger partial charge in [-0.3, -0.25) is 0 Å². The second kappa shape index (κ2) is 7.14. The van der Waals surface area contributed by atoms with E-state index >= 15 is 0 Å². The maximum absolute atomic E-state index is 13.7. The molecule has 2 aromatic rings. The lowest BCUT2D eigenvalue weighted by molar-refractivity contribution is 0.332. The first-order chi connectivity index (χ1) is 12.2. The van der Waals surface area contributed by atoms with Crippen LogP contribution in [0.15, 0.2) is 10.2 Å². The zero-order valence-corrected chi connectivity index (χ0v) is 12.7. The third kappa shape index (κ3) is 2.91. The third-order valence-electron chi connectivity index (χ3n) is 3.06. The Labute approximate surface area is 139 Å². The number of rotatable bonds is 4. The van der Waals surface area contributed by atoms with Crippen LogP contribution in [0.5, 0.6) is 11.5 Å². The fraction of sp³-hybridized carbons (Fsp3) is 0.143. The van der Waals surface area contributed by atoms with E-state index in [2.05, 4.69) is 19.7 Å². The molecule has 0 saturated heterocycles. The Kier molecular flexibility index (Phi) is 5.33. The topological polar surface area (TPSA) is 43.2 Å². The van der Waals surface area contributed by atoms with E-state index in [0.717, 1.165) is 14.2 Å². The summed E-state index contributed by atoms with van der Waals surface area (Å²) >= 11 is 0.